The molecule has 1 amide bonds. The fraction of sp³-hybridized carbons (Fsp3) is 0.316. The van der Waals surface area contributed by atoms with Gasteiger partial charge >= 0.3 is 0 Å². The third-order valence-corrected chi connectivity index (χ3v) is 3.50. The fourth-order valence-electron chi connectivity index (χ4n) is 2.37. The molecule has 22 heavy (non-hydrogen) atoms. The van der Waals surface area contributed by atoms with Crippen LogP contribution in [-0.2, 0) is 11.3 Å². The second kappa shape index (κ2) is 8.35. The summed E-state index contributed by atoms with van der Waals surface area (Å²) in [7, 11) is 1.97. The molecule has 0 spiro atoms. The molecule has 0 saturated heterocycles. The minimum absolute atomic E-state index is 0.0882. The quantitative estimate of drug-likeness (QED) is 0.850. The van der Waals surface area contributed by atoms with Crippen molar-refractivity contribution >= 4 is 5.91 Å². The van der Waals surface area contributed by atoms with E-state index in [4.69, 9.17) is 0 Å². The summed E-state index contributed by atoms with van der Waals surface area (Å²) in [5, 5.41) is 2.90. The van der Waals surface area contributed by atoms with Crippen molar-refractivity contribution in [2.24, 2.45) is 0 Å². The van der Waals surface area contributed by atoms with Gasteiger partial charge in [-0.3, -0.25) is 9.69 Å². The maximum Gasteiger partial charge on any atom is 0.234 e. The lowest BCUT2D eigenvalue weighted by atomic mass is 10.0. The van der Waals surface area contributed by atoms with Gasteiger partial charge < -0.3 is 5.32 Å². The number of hydrogen-bond donors (Lipinski definition) is 1. The summed E-state index contributed by atoms with van der Waals surface area (Å²) in [6.07, 6.45) is 0.969. The number of likely N-dealkylation sites (N-methyl/N-ethyl adjacent to an activating group) is 1. The van der Waals surface area contributed by atoms with Crippen molar-refractivity contribution in [2.75, 3.05) is 20.1 Å². The van der Waals surface area contributed by atoms with Crippen LogP contribution in [0, 0.1) is 0 Å². The molecule has 3 heteroatoms. The Bertz CT molecular complexity index is 578. The number of nitrogens with one attached hydrogen (secondary N) is 1. The summed E-state index contributed by atoms with van der Waals surface area (Å²) in [5.74, 6) is 0.0882. The molecule has 2 aromatic rings. The first-order valence-corrected chi connectivity index (χ1v) is 7.78. The van der Waals surface area contributed by atoms with Gasteiger partial charge in [-0.1, -0.05) is 61.5 Å². The third-order valence-electron chi connectivity index (χ3n) is 3.50. The number of rotatable bonds is 7. The summed E-state index contributed by atoms with van der Waals surface area (Å²) in [6, 6.07) is 18.9. The molecule has 0 radical (unpaired) electrons. The van der Waals surface area contributed by atoms with Gasteiger partial charge in [0.25, 0.3) is 0 Å². The molecule has 0 unspecified atom stereocenters. The highest BCUT2D eigenvalue weighted by Gasteiger charge is 2.06. The molecule has 0 bridgehead atoms. The van der Waals surface area contributed by atoms with Gasteiger partial charge in [-0.15, -0.1) is 0 Å². The Kier molecular flexibility index (Phi) is 6.16. The van der Waals surface area contributed by atoms with Gasteiger partial charge in [-0.2, -0.15) is 0 Å². The Balaban J connectivity index is 1.90. The third kappa shape index (κ3) is 5.01. The molecule has 2 aromatic carbocycles. The highest BCUT2D eigenvalue weighted by Crippen LogP contribution is 2.19. The van der Waals surface area contributed by atoms with E-state index in [1.807, 2.05) is 30.1 Å². The zero-order chi connectivity index (χ0) is 15.8. The van der Waals surface area contributed by atoms with Crippen LogP contribution in [0.15, 0.2) is 54.6 Å². The van der Waals surface area contributed by atoms with Gasteiger partial charge in [0.2, 0.25) is 5.91 Å². The number of benzene rings is 2. The fourth-order valence-corrected chi connectivity index (χ4v) is 2.37. The summed E-state index contributed by atoms with van der Waals surface area (Å²) < 4.78 is 0. The predicted octanol–water partition coefficient (Wildman–Crippen LogP) is 3.31. The van der Waals surface area contributed by atoms with E-state index >= 15 is 0 Å². The molecular formula is C19H24N2O. The molecule has 0 saturated carbocycles. The van der Waals surface area contributed by atoms with Crippen molar-refractivity contribution in [1.29, 1.82) is 0 Å². The minimum atomic E-state index is 0.0882. The van der Waals surface area contributed by atoms with E-state index in [0.29, 0.717) is 6.54 Å². The molecule has 2 rings (SSSR count). The van der Waals surface area contributed by atoms with Crippen molar-refractivity contribution in [3.63, 3.8) is 0 Å². The Morgan fingerprint density at radius 3 is 2.27 bits per heavy atom. The highest BCUT2D eigenvalue weighted by molar-refractivity contribution is 5.77. The number of carbonyl (C=O) groups excluding carboxylic acids is 1. The van der Waals surface area contributed by atoms with E-state index in [0.717, 1.165) is 19.5 Å². The zero-order valence-electron chi connectivity index (χ0n) is 13.4. The summed E-state index contributed by atoms with van der Waals surface area (Å²) in [6.45, 7) is 4.01. The lowest BCUT2D eigenvalue weighted by molar-refractivity contribution is -0.122. The first-order chi connectivity index (χ1) is 10.7. The van der Waals surface area contributed by atoms with Crippen LogP contribution in [0.5, 0.6) is 0 Å². The van der Waals surface area contributed by atoms with E-state index in [9.17, 15) is 4.79 Å². The maximum absolute atomic E-state index is 11.7. The van der Waals surface area contributed by atoms with Gasteiger partial charge in [-0.25, -0.2) is 0 Å². The Morgan fingerprint density at radius 2 is 1.64 bits per heavy atom. The van der Waals surface area contributed by atoms with Crippen LogP contribution in [0.4, 0.5) is 0 Å². The lowest BCUT2D eigenvalue weighted by Crippen LogP contribution is -2.35. The molecule has 0 atom stereocenters. The predicted molar refractivity (Wildman–Crippen MR) is 91.5 cm³/mol. The second-order valence-corrected chi connectivity index (χ2v) is 5.59. The summed E-state index contributed by atoms with van der Waals surface area (Å²) >= 11 is 0. The van der Waals surface area contributed by atoms with Crippen LogP contribution in [0.2, 0.25) is 0 Å². The number of carbonyl (C=O) groups is 1. The van der Waals surface area contributed by atoms with Crippen LogP contribution < -0.4 is 5.32 Å². The van der Waals surface area contributed by atoms with Crippen LogP contribution in [-0.4, -0.2) is 30.9 Å². The average Bonchev–Trinajstić information content (AvgIpc) is 2.54. The smallest absolute Gasteiger partial charge is 0.234 e. The number of nitrogens with zero attached hydrogens (tertiary/aromatic N) is 1. The van der Waals surface area contributed by atoms with Crippen molar-refractivity contribution in [3.05, 3.63) is 60.2 Å². The molecule has 116 valence electrons. The topological polar surface area (TPSA) is 32.3 Å². The largest absolute Gasteiger partial charge is 0.355 e. The lowest BCUT2D eigenvalue weighted by Gasteiger charge is -2.16. The van der Waals surface area contributed by atoms with Gasteiger partial charge in [0, 0.05) is 13.1 Å². The number of hydrogen-bond acceptors (Lipinski definition) is 2. The van der Waals surface area contributed by atoms with E-state index in [-0.39, 0.29) is 5.91 Å². The van der Waals surface area contributed by atoms with E-state index in [1.54, 1.807) is 0 Å². The van der Waals surface area contributed by atoms with Crippen LogP contribution >= 0.6 is 0 Å². The monoisotopic (exact) mass is 296 g/mol. The first-order valence-electron chi connectivity index (χ1n) is 7.78. The van der Waals surface area contributed by atoms with Crippen LogP contribution in [0.1, 0.15) is 18.9 Å². The molecular weight excluding hydrogens is 272 g/mol. The molecule has 0 aromatic heterocycles. The minimum Gasteiger partial charge on any atom is -0.355 e. The van der Waals surface area contributed by atoms with Gasteiger partial charge in [0.05, 0.1) is 6.54 Å². The van der Waals surface area contributed by atoms with Crippen LogP contribution in [0.25, 0.3) is 11.1 Å². The molecule has 0 aliphatic heterocycles. The molecule has 0 aliphatic carbocycles. The Morgan fingerprint density at radius 1 is 1.00 bits per heavy atom. The Hall–Kier alpha value is -2.13. The number of amides is 1. The Labute approximate surface area is 133 Å². The van der Waals surface area contributed by atoms with Crippen molar-refractivity contribution in [1.82, 2.24) is 10.2 Å². The highest BCUT2D eigenvalue weighted by atomic mass is 16.2. The summed E-state index contributed by atoms with van der Waals surface area (Å²) in [5.41, 5.74) is 3.65. The van der Waals surface area contributed by atoms with Gasteiger partial charge in [0.15, 0.2) is 0 Å². The molecule has 3 nitrogen and oxygen atoms in total. The molecule has 0 heterocycles. The van der Waals surface area contributed by atoms with Crippen LogP contribution in [0.3, 0.4) is 0 Å². The second-order valence-electron chi connectivity index (χ2n) is 5.59. The van der Waals surface area contributed by atoms with Crippen molar-refractivity contribution in [2.45, 2.75) is 19.9 Å². The van der Waals surface area contributed by atoms with Gasteiger partial charge in [0.1, 0.15) is 0 Å². The SMILES string of the molecule is CCCNC(=O)CN(C)Cc1ccc(-c2ccccc2)cc1. The van der Waals surface area contributed by atoms with Crippen molar-refractivity contribution < 1.29 is 4.79 Å². The van der Waals surface area contributed by atoms with Gasteiger partial charge in [-0.05, 0) is 30.2 Å². The first kappa shape index (κ1) is 16.2. The summed E-state index contributed by atoms with van der Waals surface area (Å²) in [4.78, 5) is 13.7. The zero-order valence-corrected chi connectivity index (χ0v) is 13.4. The molecule has 0 fully saturated rings. The molecule has 0 aliphatic rings. The average molecular weight is 296 g/mol. The van der Waals surface area contributed by atoms with E-state index in [2.05, 4.69) is 48.6 Å². The standard InChI is InChI=1S/C19H24N2O/c1-3-13-20-19(22)15-21(2)14-16-9-11-18(12-10-16)17-7-5-4-6-8-17/h4-12H,3,13-15H2,1-2H3,(H,20,22). The van der Waals surface area contributed by atoms with E-state index < -0.39 is 0 Å². The molecule has 1 N–H and O–H groups in total. The normalized spacial score (nSPS) is 10.7. The van der Waals surface area contributed by atoms with Crippen molar-refractivity contribution in [3.8, 4) is 11.1 Å². The maximum atomic E-state index is 11.7. The van der Waals surface area contributed by atoms with E-state index in [1.165, 1.54) is 16.7 Å².